The summed E-state index contributed by atoms with van der Waals surface area (Å²) in [6.45, 7) is 0.144. The lowest BCUT2D eigenvalue weighted by molar-refractivity contribution is 0.0916. The van der Waals surface area contributed by atoms with Gasteiger partial charge in [-0.25, -0.2) is 0 Å². The first kappa shape index (κ1) is 17.7. The zero-order valence-corrected chi connectivity index (χ0v) is 14.6. The molecule has 1 amide bonds. The number of carbonyl (C=O) groups is 1. The van der Waals surface area contributed by atoms with E-state index in [2.05, 4.69) is 5.32 Å². The monoisotopic (exact) mass is 347 g/mol. The Balaban J connectivity index is 1.59. The second kappa shape index (κ2) is 8.32. The minimum atomic E-state index is -0.770. The van der Waals surface area contributed by atoms with Crippen LogP contribution < -0.4 is 10.1 Å². The van der Waals surface area contributed by atoms with Crippen LogP contribution in [0.2, 0.25) is 0 Å². The van der Waals surface area contributed by atoms with Crippen LogP contribution in [0, 0.1) is 0 Å². The molecule has 2 N–H and O–H groups in total. The largest absolute Gasteiger partial charge is 0.497 e. The van der Waals surface area contributed by atoms with Gasteiger partial charge in [0.1, 0.15) is 5.75 Å². The molecular formula is C22H21NO3. The van der Waals surface area contributed by atoms with E-state index in [9.17, 15) is 9.90 Å². The smallest absolute Gasteiger partial charge is 0.251 e. The van der Waals surface area contributed by atoms with Crippen molar-refractivity contribution in [1.82, 2.24) is 5.32 Å². The molecule has 0 aliphatic rings. The molecule has 0 saturated carbocycles. The van der Waals surface area contributed by atoms with E-state index in [0.29, 0.717) is 5.56 Å². The van der Waals surface area contributed by atoms with E-state index in [1.807, 2.05) is 42.5 Å². The maximum atomic E-state index is 12.3. The summed E-state index contributed by atoms with van der Waals surface area (Å²) in [5, 5.41) is 13.0. The van der Waals surface area contributed by atoms with Gasteiger partial charge in [-0.2, -0.15) is 0 Å². The number of nitrogens with one attached hydrogen (secondary N) is 1. The van der Waals surface area contributed by atoms with Gasteiger partial charge in [0.05, 0.1) is 13.2 Å². The van der Waals surface area contributed by atoms with Crippen LogP contribution in [0.5, 0.6) is 5.75 Å². The maximum absolute atomic E-state index is 12.3. The Labute approximate surface area is 153 Å². The number of benzene rings is 3. The third kappa shape index (κ3) is 4.29. The topological polar surface area (TPSA) is 58.6 Å². The molecule has 3 aromatic carbocycles. The highest BCUT2D eigenvalue weighted by Gasteiger charge is 2.11. The van der Waals surface area contributed by atoms with Crippen LogP contribution in [0.1, 0.15) is 22.0 Å². The predicted molar refractivity (Wildman–Crippen MR) is 102 cm³/mol. The van der Waals surface area contributed by atoms with Crippen molar-refractivity contribution in [2.24, 2.45) is 0 Å². The number of hydrogen-bond acceptors (Lipinski definition) is 3. The van der Waals surface area contributed by atoms with E-state index in [1.54, 1.807) is 43.5 Å². The fraction of sp³-hybridized carbons (Fsp3) is 0.136. The molecule has 0 aliphatic heterocycles. The number of aliphatic hydroxyl groups excluding tert-OH is 1. The highest BCUT2D eigenvalue weighted by Crippen LogP contribution is 2.20. The molecule has 3 aromatic rings. The lowest BCUT2D eigenvalue weighted by atomic mass is 10.0. The number of methoxy groups -OCH3 is 1. The van der Waals surface area contributed by atoms with Crippen molar-refractivity contribution in [3.8, 4) is 16.9 Å². The standard InChI is InChI=1S/C22H21NO3/c1-26-20-13-11-18(12-14-20)21(24)15-23-22(25)19-9-7-17(8-10-19)16-5-3-2-4-6-16/h2-14,21,24H,15H2,1H3,(H,23,25). The van der Waals surface area contributed by atoms with Gasteiger partial charge in [0.2, 0.25) is 0 Å². The quantitative estimate of drug-likeness (QED) is 0.712. The van der Waals surface area contributed by atoms with Gasteiger partial charge >= 0.3 is 0 Å². The number of ether oxygens (including phenoxy) is 1. The van der Waals surface area contributed by atoms with Gasteiger partial charge in [-0.1, -0.05) is 54.6 Å². The summed E-state index contributed by atoms with van der Waals surface area (Å²) in [6, 6.07) is 24.5. The Kier molecular flexibility index (Phi) is 5.66. The van der Waals surface area contributed by atoms with E-state index >= 15 is 0 Å². The zero-order chi connectivity index (χ0) is 18.4. The van der Waals surface area contributed by atoms with E-state index in [0.717, 1.165) is 22.4 Å². The molecule has 0 aromatic heterocycles. The van der Waals surface area contributed by atoms with Crippen molar-refractivity contribution in [3.05, 3.63) is 90.0 Å². The fourth-order valence-corrected chi connectivity index (χ4v) is 2.68. The molecule has 0 bridgehead atoms. The lowest BCUT2D eigenvalue weighted by Crippen LogP contribution is -2.28. The highest BCUT2D eigenvalue weighted by atomic mass is 16.5. The molecule has 0 fully saturated rings. The number of carbonyl (C=O) groups excluding carboxylic acids is 1. The summed E-state index contributed by atoms with van der Waals surface area (Å²) in [4.78, 5) is 12.3. The van der Waals surface area contributed by atoms with E-state index in [-0.39, 0.29) is 12.5 Å². The SMILES string of the molecule is COc1ccc(C(O)CNC(=O)c2ccc(-c3ccccc3)cc2)cc1. The first-order valence-corrected chi connectivity index (χ1v) is 8.43. The first-order chi connectivity index (χ1) is 12.7. The Hall–Kier alpha value is -3.11. The second-order valence-electron chi connectivity index (χ2n) is 5.94. The van der Waals surface area contributed by atoms with Crippen LogP contribution in [0.3, 0.4) is 0 Å². The zero-order valence-electron chi connectivity index (χ0n) is 14.6. The summed E-state index contributed by atoms with van der Waals surface area (Å²) in [7, 11) is 1.59. The Morgan fingerprint density at radius 1 is 0.923 bits per heavy atom. The van der Waals surface area contributed by atoms with Crippen LogP contribution in [-0.2, 0) is 0 Å². The molecule has 1 unspecified atom stereocenters. The number of amides is 1. The molecule has 0 spiro atoms. The van der Waals surface area contributed by atoms with Crippen LogP contribution in [-0.4, -0.2) is 24.7 Å². The summed E-state index contributed by atoms with van der Waals surface area (Å²) < 4.78 is 5.10. The van der Waals surface area contributed by atoms with Gasteiger partial charge in [-0.3, -0.25) is 4.79 Å². The van der Waals surface area contributed by atoms with Gasteiger partial charge in [0.25, 0.3) is 5.91 Å². The van der Waals surface area contributed by atoms with E-state index in [4.69, 9.17) is 4.74 Å². The summed E-state index contributed by atoms with van der Waals surface area (Å²) in [5.74, 6) is 0.515. The van der Waals surface area contributed by atoms with Crippen molar-refractivity contribution in [3.63, 3.8) is 0 Å². The minimum Gasteiger partial charge on any atom is -0.497 e. The van der Waals surface area contributed by atoms with E-state index < -0.39 is 6.10 Å². The molecule has 132 valence electrons. The third-order valence-electron chi connectivity index (χ3n) is 4.21. The molecule has 0 aliphatic carbocycles. The molecular weight excluding hydrogens is 326 g/mol. The highest BCUT2D eigenvalue weighted by molar-refractivity contribution is 5.94. The molecule has 3 rings (SSSR count). The normalized spacial score (nSPS) is 11.6. The lowest BCUT2D eigenvalue weighted by Gasteiger charge is -2.13. The van der Waals surface area contributed by atoms with Gasteiger partial charge in [-0.05, 0) is 41.0 Å². The molecule has 0 heterocycles. The van der Waals surface area contributed by atoms with Crippen molar-refractivity contribution in [1.29, 1.82) is 0 Å². The predicted octanol–water partition coefficient (Wildman–Crippen LogP) is 3.83. The third-order valence-corrected chi connectivity index (χ3v) is 4.21. The molecule has 4 heteroatoms. The van der Waals surface area contributed by atoms with Gasteiger partial charge in [0.15, 0.2) is 0 Å². The van der Waals surface area contributed by atoms with Crippen LogP contribution in [0.4, 0.5) is 0 Å². The van der Waals surface area contributed by atoms with E-state index in [1.165, 1.54) is 0 Å². The average Bonchev–Trinajstić information content (AvgIpc) is 2.72. The van der Waals surface area contributed by atoms with Crippen LogP contribution in [0.15, 0.2) is 78.9 Å². The molecule has 0 radical (unpaired) electrons. The second-order valence-corrected chi connectivity index (χ2v) is 5.94. The van der Waals surface area contributed by atoms with Crippen molar-refractivity contribution in [2.45, 2.75) is 6.10 Å². The van der Waals surface area contributed by atoms with Crippen molar-refractivity contribution in [2.75, 3.05) is 13.7 Å². The Bertz CT molecular complexity index is 843. The summed E-state index contributed by atoms with van der Waals surface area (Å²) >= 11 is 0. The van der Waals surface area contributed by atoms with Crippen LogP contribution in [0.25, 0.3) is 11.1 Å². The first-order valence-electron chi connectivity index (χ1n) is 8.43. The molecule has 4 nitrogen and oxygen atoms in total. The number of aliphatic hydroxyl groups is 1. The van der Waals surface area contributed by atoms with Gasteiger partial charge in [0, 0.05) is 12.1 Å². The summed E-state index contributed by atoms with van der Waals surface area (Å²) in [5.41, 5.74) is 3.45. The van der Waals surface area contributed by atoms with Crippen molar-refractivity contribution >= 4 is 5.91 Å². The Morgan fingerprint density at radius 2 is 1.54 bits per heavy atom. The molecule has 0 saturated heterocycles. The number of rotatable bonds is 6. The molecule has 1 atom stereocenters. The summed E-state index contributed by atoms with van der Waals surface area (Å²) in [6.07, 6.45) is -0.770. The van der Waals surface area contributed by atoms with Gasteiger partial charge < -0.3 is 15.2 Å². The van der Waals surface area contributed by atoms with Gasteiger partial charge in [-0.15, -0.1) is 0 Å². The van der Waals surface area contributed by atoms with Crippen LogP contribution >= 0.6 is 0 Å². The number of hydrogen-bond donors (Lipinski definition) is 2. The average molecular weight is 347 g/mol. The maximum Gasteiger partial charge on any atom is 0.251 e. The molecule has 26 heavy (non-hydrogen) atoms. The minimum absolute atomic E-state index is 0.144. The van der Waals surface area contributed by atoms with Crippen molar-refractivity contribution < 1.29 is 14.6 Å². The Morgan fingerprint density at radius 3 is 2.15 bits per heavy atom. The fourth-order valence-electron chi connectivity index (χ4n) is 2.68.